The van der Waals surface area contributed by atoms with Crippen LogP contribution in [0.3, 0.4) is 0 Å². The number of nitrogens with one attached hydrogen (secondary N) is 1. The van der Waals surface area contributed by atoms with Gasteiger partial charge in [-0.2, -0.15) is 0 Å². The first-order valence-corrected chi connectivity index (χ1v) is 9.42. The van der Waals surface area contributed by atoms with Gasteiger partial charge in [0.2, 0.25) is 0 Å². The highest BCUT2D eigenvalue weighted by atomic mass is 32.2. The molecule has 6 heteroatoms. The van der Waals surface area contributed by atoms with Crippen LogP contribution in [0.25, 0.3) is 0 Å². The van der Waals surface area contributed by atoms with Crippen molar-refractivity contribution in [2.24, 2.45) is 0 Å². The molecule has 23 heavy (non-hydrogen) atoms. The molecule has 1 heterocycles. The van der Waals surface area contributed by atoms with Crippen LogP contribution in [0.1, 0.15) is 32.1 Å². The Balaban J connectivity index is 1.51. The van der Waals surface area contributed by atoms with Crippen molar-refractivity contribution < 1.29 is 9.60 Å². The summed E-state index contributed by atoms with van der Waals surface area (Å²) < 4.78 is 15.5. The van der Waals surface area contributed by atoms with Gasteiger partial charge < -0.3 is 10.1 Å². The van der Waals surface area contributed by atoms with Crippen LogP contribution in [0, 0.1) is 5.82 Å². The van der Waals surface area contributed by atoms with Gasteiger partial charge in [-0.15, -0.1) is 0 Å². The van der Waals surface area contributed by atoms with Crippen molar-refractivity contribution in [1.29, 1.82) is 0 Å². The minimum Gasteiger partial charge on any atom is -0.369 e. The Kier molecular flexibility index (Phi) is 6.16. The van der Waals surface area contributed by atoms with Crippen molar-refractivity contribution >= 4 is 17.6 Å². The highest BCUT2D eigenvalue weighted by molar-refractivity contribution is 7.97. The van der Waals surface area contributed by atoms with E-state index in [4.69, 9.17) is 0 Å². The molecule has 0 aromatic heterocycles. The van der Waals surface area contributed by atoms with Crippen molar-refractivity contribution in [3.63, 3.8) is 0 Å². The smallest absolute Gasteiger partial charge is 0.123 e. The van der Waals surface area contributed by atoms with Gasteiger partial charge in [-0.05, 0) is 37.1 Å². The molecule has 0 spiro atoms. The number of halogens is 1. The molecule has 2 aliphatic rings. The average molecular weight is 339 g/mol. The Bertz CT molecular complexity index is 479. The van der Waals surface area contributed by atoms with Crippen LogP contribution in [0.2, 0.25) is 0 Å². The summed E-state index contributed by atoms with van der Waals surface area (Å²) >= 11 is 1.91. The summed E-state index contributed by atoms with van der Waals surface area (Å²) in [6.07, 6.45) is 5.96. The first kappa shape index (κ1) is 17.0. The zero-order chi connectivity index (χ0) is 16.1. The molecule has 3 rings (SSSR count). The SMILES string of the molecule is ONC1CCCCCC1SN1CCN(c2ccc(F)cc2)CC1. The minimum atomic E-state index is -0.182. The maximum atomic E-state index is 13.0. The van der Waals surface area contributed by atoms with E-state index in [1.54, 1.807) is 0 Å². The van der Waals surface area contributed by atoms with Crippen LogP contribution < -0.4 is 10.4 Å². The maximum Gasteiger partial charge on any atom is 0.123 e. The summed E-state index contributed by atoms with van der Waals surface area (Å²) in [5, 5.41) is 9.87. The summed E-state index contributed by atoms with van der Waals surface area (Å²) in [7, 11) is 0. The molecule has 1 aliphatic carbocycles. The van der Waals surface area contributed by atoms with Crippen LogP contribution in [-0.4, -0.2) is 47.0 Å². The lowest BCUT2D eigenvalue weighted by molar-refractivity contribution is 0.120. The van der Waals surface area contributed by atoms with Crippen molar-refractivity contribution in [3.05, 3.63) is 30.1 Å². The number of nitrogens with zero attached hydrogens (tertiary/aromatic N) is 2. The van der Waals surface area contributed by atoms with E-state index in [0.717, 1.165) is 38.3 Å². The molecule has 2 N–H and O–H groups in total. The molecule has 128 valence electrons. The van der Waals surface area contributed by atoms with Gasteiger partial charge >= 0.3 is 0 Å². The van der Waals surface area contributed by atoms with E-state index in [1.807, 2.05) is 24.1 Å². The molecule has 2 fully saturated rings. The summed E-state index contributed by atoms with van der Waals surface area (Å²) in [6.45, 7) is 3.92. The topological polar surface area (TPSA) is 38.7 Å². The number of hydroxylamine groups is 1. The number of rotatable bonds is 4. The van der Waals surface area contributed by atoms with Gasteiger partial charge in [0.05, 0.1) is 0 Å². The third kappa shape index (κ3) is 4.59. The Morgan fingerprint density at radius 3 is 2.39 bits per heavy atom. The predicted molar refractivity (Wildman–Crippen MR) is 93.4 cm³/mol. The zero-order valence-corrected chi connectivity index (χ0v) is 14.3. The van der Waals surface area contributed by atoms with Crippen molar-refractivity contribution in [1.82, 2.24) is 9.79 Å². The Morgan fingerprint density at radius 1 is 1.00 bits per heavy atom. The third-order valence-electron chi connectivity index (χ3n) is 4.83. The van der Waals surface area contributed by atoms with Crippen LogP contribution in [0.5, 0.6) is 0 Å². The fourth-order valence-corrected chi connectivity index (χ4v) is 4.82. The van der Waals surface area contributed by atoms with E-state index in [-0.39, 0.29) is 11.9 Å². The van der Waals surface area contributed by atoms with E-state index in [9.17, 15) is 9.60 Å². The van der Waals surface area contributed by atoms with E-state index in [2.05, 4.69) is 14.7 Å². The zero-order valence-electron chi connectivity index (χ0n) is 13.5. The molecule has 1 aromatic rings. The quantitative estimate of drug-likeness (QED) is 0.500. The van der Waals surface area contributed by atoms with E-state index < -0.39 is 0 Å². The fourth-order valence-electron chi connectivity index (χ4n) is 3.44. The summed E-state index contributed by atoms with van der Waals surface area (Å²) in [5.41, 5.74) is 3.63. The number of hydrogen-bond acceptors (Lipinski definition) is 5. The van der Waals surface area contributed by atoms with Gasteiger partial charge in [-0.25, -0.2) is 14.2 Å². The van der Waals surface area contributed by atoms with Crippen LogP contribution in [0.15, 0.2) is 24.3 Å². The fraction of sp³-hybridized carbons (Fsp3) is 0.647. The average Bonchev–Trinajstić information content (AvgIpc) is 2.81. The lowest BCUT2D eigenvalue weighted by Gasteiger charge is -2.37. The lowest BCUT2D eigenvalue weighted by atomic mass is 10.1. The molecule has 0 bridgehead atoms. The second kappa shape index (κ2) is 8.33. The minimum absolute atomic E-state index is 0.182. The molecule has 1 saturated carbocycles. The van der Waals surface area contributed by atoms with Gasteiger partial charge in [0.1, 0.15) is 5.82 Å². The van der Waals surface area contributed by atoms with Crippen LogP contribution in [-0.2, 0) is 0 Å². The molecule has 2 atom stereocenters. The van der Waals surface area contributed by atoms with Crippen molar-refractivity contribution in [2.45, 2.75) is 43.4 Å². The van der Waals surface area contributed by atoms with Gasteiger partial charge in [0.25, 0.3) is 0 Å². The normalized spacial score (nSPS) is 27.0. The molecule has 0 radical (unpaired) electrons. The largest absolute Gasteiger partial charge is 0.369 e. The number of piperazine rings is 1. The van der Waals surface area contributed by atoms with E-state index in [1.165, 1.54) is 37.8 Å². The first-order chi connectivity index (χ1) is 11.3. The van der Waals surface area contributed by atoms with Gasteiger partial charge in [0, 0.05) is 43.2 Å². The molecule has 1 aliphatic heterocycles. The van der Waals surface area contributed by atoms with Gasteiger partial charge in [-0.1, -0.05) is 31.2 Å². The van der Waals surface area contributed by atoms with Crippen molar-refractivity contribution in [3.8, 4) is 0 Å². The standard InChI is InChI=1S/C17H26FN3OS/c18-14-6-8-15(9-7-14)20-10-12-21(13-11-20)23-17-5-3-1-2-4-16(17)19-22/h6-9,16-17,19,22H,1-5,10-13H2. The van der Waals surface area contributed by atoms with Crippen LogP contribution >= 0.6 is 11.9 Å². The Morgan fingerprint density at radius 2 is 1.70 bits per heavy atom. The van der Waals surface area contributed by atoms with E-state index in [0.29, 0.717) is 5.25 Å². The Labute approximate surface area is 142 Å². The second-order valence-electron chi connectivity index (χ2n) is 6.41. The lowest BCUT2D eigenvalue weighted by Crippen LogP contribution is -2.46. The number of benzene rings is 1. The third-order valence-corrected chi connectivity index (χ3v) is 6.33. The van der Waals surface area contributed by atoms with Crippen molar-refractivity contribution in [2.75, 3.05) is 31.1 Å². The summed E-state index contributed by atoms with van der Waals surface area (Å²) in [4.78, 5) is 2.31. The number of anilines is 1. The molecular formula is C17H26FN3OS. The summed E-state index contributed by atoms with van der Waals surface area (Å²) in [6, 6.07) is 6.97. The monoisotopic (exact) mass is 339 g/mol. The first-order valence-electron chi connectivity index (χ1n) is 8.58. The molecule has 1 aromatic carbocycles. The van der Waals surface area contributed by atoms with Crippen LogP contribution in [0.4, 0.5) is 10.1 Å². The number of hydrogen-bond donors (Lipinski definition) is 2. The highest BCUT2D eigenvalue weighted by Gasteiger charge is 2.27. The molecule has 0 amide bonds. The van der Waals surface area contributed by atoms with E-state index >= 15 is 0 Å². The predicted octanol–water partition coefficient (Wildman–Crippen LogP) is 3.28. The molecule has 1 saturated heterocycles. The second-order valence-corrected chi connectivity index (χ2v) is 7.74. The highest BCUT2D eigenvalue weighted by Crippen LogP contribution is 2.31. The Hall–Kier alpha value is -0.820. The maximum absolute atomic E-state index is 13.0. The van der Waals surface area contributed by atoms with Gasteiger partial charge in [-0.3, -0.25) is 0 Å². The molecule has 2 unspecified atom stereocenters. The molecule has 4 nitrogen and oxygen atoms in total. The summed E-state index contributed by atoms with van der Waals surface area (Å²) in [5.74, 6) is -0.182. The van der Waals surface area contributed by atoms with Gasteiger partial charge in [0.15, 0.2) is 0 Å². The molecular weight excluding hydrogens is 313 g/mol.